The second kappa shape index (κ2) is 6.85. The molecule has 0 spiro atoms. The third-order valence-electron chi connectivity index (χ3n) is 8.01. The largest absolute Gasteiger partial charge is 0.508 e. The zero-order valence-electron chi connectivity index (χ0n) is 15.5. The number of carboxylic acid groups (broad SMARTS) is 1. The molecule has 0 amide bonds. The first-order valence-corrected chi connectivity index (χ1v) is 11.2. The molecule has 0 radical (unpaired) electrons. The predicted molar refractivity (Wildman–Crippen MR) is 106 cm³/mol. The molecule has 0 bridgehead atoms. The van der Waals surface area contributed by atoms with Gasteiger partial charge in [0.2, 0.25) is 0 Å². The maximum absolute atomic E-state index is 11.9. The molecule has 3 aliphatic carbocycles. The van der Waals surface area contributed by atoms with Gasteiger partial charge in [-0.05, 0) is 97.3 Å². The fraction of sp³-hybridized carbons (Fsp3) is 0.682. The summed E-state index contributed by atoms with van der Waals surface area (Å²) in [7, 11) is 0. The van der Waals surface area contributed by atoms with Crippen molar-refractivity contribution in [3.8, 4) is 5.75 Å². The van der Waals surface area contributed by atoms with Crippen LogP contribution in [0.25, 0.3) is 0 Å². The molecule has 1 aromatic rings. The van der Waals surface area contributed by atoms with Crippen molar-refractivity contribution in [2.45, 2.75) is 57.8 Å². The summed E-state index contributed by atoms with van der Waals surface area (Å²) in [5.41, 5.74) is 2.94. The summed E-state index contributed by atoms with van der Waals surface area (Å²) >= 11 is 3.47. The Balaban J connectivity index is 1.62. The number of aryl methyl sites for hydroxylation is 1. The van der Waals surface area contributed by atoms with Crippen LogP contribution in [0.3, 0.4) is 0 Å². The van der Waals surface area contributed by atoms with Crippen LogP contribution in [0, 0.1) is 29.1 Å². The monoisotopic (exact) mass is 420 g/mol. The Morgan fingerprint density at radius 3 is 2.85 bits per heavy atom. The van der Waals surface area contributed by atoms with Gasteiger partial charge in [-0.3, -0.25) is 4.79 Å². The van der Waals surface area contributed by atoms with E-state index in [0.717, 1.165) is 37.4 Å². The molecule has 0 saturated heterocycles. The van der Waals surface area contributed by atoms with Gasteiger partial charge in [0.25, 0.3) is 0 Å². The molecule has 6 atom stereocenters. The highest BCUT2D eigenvalue weighted by molar-refractivity contribution is 9.09. The van der Waals surface area contributed by atoms with Crippen LogP contribution >= 0.6 is 15.9 Å². The van der Waals surface area contributed by atoms with Gasteiger partial charge in [-0.1, -0.05) is 28.9 Å². The lowest BCUT2D eigenvalue weighted by Crippen LogP contribution is -2.45. The number of halogens is 1. The van der Waals surface area contributed by atoms with Crippen LogP contribution in [0.5, 0.6) is 5.75 Å². The molecule has 3 aliphatic rings. The summed E-state index contributed by atoms with van der Waals surface area (Å²) in [6, 6.07) is 5.93. The molecule has 1 unspecified atom stereocenters. The molecule has 4 heteroatoms. The zero-order chi connectivity index (χ0) is 18.5. The highest BCUT2D eigenvalue weighted by Gasteiger charge is 2.57. The average Bonchev–Trinajstić information content (AvgIpc) is 2.96. The number of hydrogen-bond acceptors (Lipinski definition) is 2. The summed E-state index contributed by atoms with van der Waals surface area (Å²) in [5, 5.41) is 20.4. The summed E-state index contributed by atoms with van der Waals surface area (Å²) < 4.78 is 0. The number of carboxylic acids is 1. The van der Waals surface area contributed by atoms with Crippen LogP contribution in [-0.2, 0) is 11.2 Å². The lowest BCUT2D eigenvalue weighted by atomic mass is 9.53. The second-order valence-corrected chi connectivity index (χ2v) is 9.74. The highest BCUT2D eigenvalue weighted by Crippen LogP contribution is 2.64. The summed E-state index contributed by atoms with van der Waals surface area (Å²) in [5.74, 6) is 1.78. The summed E-state index contributed by atoms with van der Waals surface area (Å²) in [6.45, 7) is 2.39. The van der Waals surface area contributed by atoms with Gasteiger partial charge in [0.1, 0.15) is 5.75 Å². The number of fused-ring (bicyclic) bond motifs is 5. The standard InChI is InChI=1S/C22H29BrO3/c1-22-10-8-16-15-5-3-14(24)12-13(15)2-4-17(16)19(22)6-7-20(22)18(9-11-23)21(25)26/h3,5,12,16-20,24H,2,4,6-11H2,1H3,(H,25,26)/t16-,17-,18?,19+,20-,22+/m1/s1. The third kappa shape index (κ3) is 2.80. The van der Waals surface area contributed by atoms with Crippen molar-refractivity contribution in [3.63, 3.8) is 0 Å². The number of hydrogen-bond donors (Lipinski definition) is 2. The van der Waals surface area contributed by atoms with Gasteiger partial charge in [-0.25, -0.2) is 0 Å². The van der Waals surface area contributed by atoms with Crippen molar-refractivity contribution in [1.29, 1.82) is 0 Å². The van der Waals surface area contributed by atoms with Gasteiger partial charge < -0.3 is 10.2 Å². The quantitative estimate of drug-likeness (QED) is 0.645. The molecular weight excluding hydrogens is 392 g/mol. The normalized spacial score (nSPS) is 36.7. The molecular formula is C22H29BrO3. The smallest absolute Gasteiger partial charge is 0.306 e. The van der Waals surface area contributed by atoms with E-state index in [1.54, 1.807) is 0 Å². The summed E-state index contributed by atoms with van der Waals surface area (Å²) in [4.78, 5) is 11.9. The molecule has 2 saturated carbocycles. The van der Waals surface area contributed by atoms with Gasteiger partial charge in [0.05, 0.1) is 5.92 Å². The van der Waals surface area contributed by atoms with E-state index in [1.165, 1.54) is 24.0 Å². The van der Waals surface area contributed by atoms with Crippen LogP contribution < -0.4 is 0 Å². The molecule has 3 nitrogen and oxygen atoms in total. The fourth-order valence-corrected chi connectivity index (χ4v) is 7.38. The van der Waals surface area contributed by atoms with Gasteiger partial charge in [-0.2, -0.15) is 0 Å². The third-order valence-corrected chi connectivity index (χ3v) is 8.46. The van der Waals surface area contributed by atoms with Gasteiger partial charge in [0.15, 0.2) is 0 Å². The highest BCUT2D eigenvalue weighted by atomic mass is 79.9. The van der Waals surface area contributed by atoms with Gasteiger partial charge >= 0.3 is 5.97 Å². The molecule has 4 rings (SSSR count). The molecule has 2 N–H and O–H groups in total. The van der Waals surface area contributed by atoms with E-state index in [9.17, 15) is 15.0 Å². The number of aliphatic carboxylic acids is 1. The van der Waals surface area contributed by atoms with Crippen LogP contribution in [0.4, 0.5) is 0 Å². The molecule has 0 aromatic heterocycles. The lowest BCUT2D eigenvalue weighted by molar-refractivity contribution is -0.146. The first-order chi connectivity index (χ1) is 12.5. The zero-order valence-corrected chi connectivity index (χ0v) is 17.0. The minimum Gasteiger partial charge on any atom is -0.508 e. The number of carbonyl (C=O) groups is 1. The Hall–Kier alpha value is -1.03. The average molecular weight is 421 g/mol. The number of alkyl halides is 1. The van der Waals surface area contributed by atoms with E-state index in [1.807, 2.05) is 12.1 Å². The number of benzene rings is 1. The van der Waals surface area contributed by atoms with Crippen LogP contribution in [0.2, 0.25) is 0 Å². The van der Waals surface area contributed by atoms with Crippen LogP contribution in [-0.4, -0.2) is 21.5 Å². The van der Waals surface area contributed by atoms with Crippen molar-refractivity contribution in [2.24, 2.45) is 29.1 Å². The number of phenolic OH excluding ortho intramolecular Hbond substituents is 1. The van der Waals surface area contributed by atoms with E-state index in [0.29, 0.717) is 29.4 Å². The molecule has 2 fully saturated rings. The summed E-state index contributed by atoms with van der Waals surface area (Å²) in [6.07, 6.45) is 7.51. The van der Waals surface area contributed by atoms with Crippen molar-refractivity contribution in [3.05, 3.63) is 29.3 Å². The first-order valence-electron chi connectivity index (χ1n) is 10.1. The predicted octanol–water partition coefficient (Wildman–Crippen LogP) is 5.35. The number of aromatic hydroxyl groups is 1. The Morgan fingerprint density at radius 1 is 1.31 bits per heavy atom. The van der Waals surface area contributed by atoms with Gasteiger partial charge in [0, 0.05) is 5.33 Å². The minimum atomic E-state index is -0.608. The molecule has 1 aromatic carbocycles. The van der Waals surface area contributed by atoms with E-state index >= 15 is 0 Å². The Bertz CT molecular complexity index is 703. The van der Waals surface area contributed by atoms with Crippen molar-refractivity contribution in [2.75, 3.05) is 5.33 Å². The second-order valence-electron chi connectivity index (χ2n) is 8.95. The fourth-order valence-electron chi connectivity index (χ4n) is 6.88. The maximum Gasteiger partial charge on any atom is 0.306 e. The van der Waals surface area contributed by atoms with E-state index in [4.69, 9.17) is 0 Å². The Kier molecular flexibility index (Phi) is 4.83. The number of phenols is 1. The Morgan fingerprint density at radius 2 is 2.12 bits per heavy atom. The van der Waals surface area contributed by atoms with Crippen LogP contribution in [0.1, 0.15) is 62.5 Å². The van der Waals surface area contributed by atoms with E-state index < -0.39 is 5.97 Å². The van der Waals surface area contributed by atoms with Crippen LogP contribution in [0.15, 0.2) is 18.2 Å². The molecule has 142 valence electrons. The number of rotatable bonds is 4. The molecule has 0 aliphatic heterocycles. The lowest BCUT2D eigenvalue weighted by Gasteiger charge is -2.51. The Labute approximate surface area is 164 Å². The van der Waals surface area contributed by atoms with Crippen molar-refractivity contribution >= 4 is 21.9 Å². The first kappa shape index (κ1) is 18.3. The topological polar surface area (TPSA) is 57.5 Å². The minimum absolute atomic E-state index is 0.167. The van der Waals surface area contributed by atoms with Gasteiger partial charge in [-0.15, -0.1) is 0 Å². The molecule has 0 heterocycles. The maximum atomic E-state index is 11.9. The SMILES string of the molecule is C[C@]12CC[C@@H]3c4ccc(O)cc4CC[C@H]3[C@@H]1CC[C@@H]2C(CCBr)C(=O)O. The van der Waals surface area contributed by atoms with E-state index in [2.05, 4.69) is 28.9 Å². The van der Waals surface area contributed by atoms with E-state index in [-0.39, 0.29) is 11.3 Å². The van der Waals surface area contributed by atoms with Crippen molar-refractivity contribution < 1.29 is 15.0 Å². The molecule has 26 heavy (non-hydrogen) atoms. The van der Waals surface area contributed by atoms with Crippen molar-refractivity contribution in [1.82, 2.24) is 0 Å².